The molecule has 1 unspecified atom stereocenters. The van der Waals surface area contributed by atoms with Crippen LogP contribution >= 0.6 is 11.8 Å². The Bertz CT molecular complexity index is 327. The van der Waals surface area contributed by atoms with Crippen LogP contribution in [0.1, 0.15) is 25.0 Å². The van der Waals surface area contributed by atoms with E-state index in [1.54, 1.807) is 6.20 Å². The monoisotopic (exact) mass is 254 g/mol. The lowest BCUT2D eigenvalue weighted by molar-refractivity contribution is -0.0328. The van der Waals surface area contributed by atoms with Gasteiger partial charge in [-0.25, -0.2) is 0 Å². The van der Waals surface area contributed by atoms with Crippen molar-refractivity contribution in [1.29, 1.82) is 0 Å². The van der Waals surface area contributed by atoms with Gasteiger partial charge in [0.05, 0.1) is 18.8 Å². The molecule has 3 nitrogen and oxygen atoms in total. The SMILES string of the molecule is CCC(O)c1cnn(CCSC(F)(F)F)c1. The van der Waals surface area contributed by atoms with Crippen LogP contribution in [-0.2, 0) is 6.54 Å². The van der Waals surface area contributed by atoms with E-state index in [4.69, 9.17) is 0 Å². The minimum absolute atomic E-state index is 0.0715. The summed E-state index contributed by atoms with van der Waals surface area (Å²) in [5.74, 6) is -0.0765. The van der Waals surface area contributed by atoms with Crippen molar-refractivity contribution < 1.29 is 18.3 Å². The van der Waals surface area contributed by atoms with Gasteiger partial charge in [-0.05, 0) is 18.2 Å². The fourth-order valence-corrected chi connectivity index (χ4v) is 1.67. The number of aryl methyl sites for hydroxylation is 1. The zero-order valence-corrected chi connectivity index (χ0v) is 9.55. The average molecular weight is 254 g/mol. The molecule has 0 saturated carbocycles. The third-order valence-electron chi connectivity index (χ3n) is 2.01. The molecule has 0 aliphatic rings. The second-order valence-corrected chi connectivity index (χ2v) is 4.41. The quantitative estimate of drug-likeness (QED) is 0.877. The van der Waals surface area contributed by atoms with Gasteiger partial charge in [0.2, 0.25) is 0 Å². The Morgan fingerprint density at radius 1 is 1.56 bits per heavy atom. The largest absolute Gasteiger partial charge is 0.441 e. The molecule has 7 heteroatoms. The maximum absolute atomic E-state index is 11.8. The van der Waals surface area contributed by atoms with E-state index in [1.165, 1.54) is 10.9 Å². The Kier molecular flexibility index (Phi) is 4.67. The van der Waals surface area contributed by atoms with E-state index in [-0.39, 0.29) is 24.1 Å². The maximum Gasteiger partial charge on any atom is 0.441 e. The van der Waals surface area contributed by atoms with Crippen LogP contribution in [0.25, 0.3) is 0 Å². The van der Waals surface area contributed by atoms with Crippen LogP contribution in [0.4, 0.5) is 13.2 Å². The molecule has 0 bridgehead atoms. The highest BCUT2D eigenvalue weighted by atomic mass is 32.2. The molecule has 0 amide bonds. The van der Waals surface area contributed by atoms with Crippen LogP contribution in [0.5, 0.6) is 0 Å². The standard InChI is InChI=1S/C9H13F3N2OS/c1-2-8(15)7-5-13-14(6-7)3-4-16-9(10,11)12/h5-6,8,15H,2-4H2,1H3. The summed E-state index contributed by atoms with van der Waals surface area (Å²) in [7, 11) is 0. The lowest BCUT2D eigenvalue weighted by Crippen LogP contribution is -2.07. The van der Waals surface area contributed by atoms with E-state index < -0.39 is 11.6 Å². The number of hydrogen-bond acceptors (Lipinski definition) is 3. The first-order valence-corrected chi connectivity index (χ1v) is 5.82. The zero-order chi connectivity index (χ0) is 12.2. The number of aliphatic hydroxyl groups is 1. The van der Waals surface area contributed by atoms with E-state index in [0.29, 0.717) is 12.0 Å². The number of thioether (sulfide) groups is 1. The zero-order valence-electron chi connectivity index (χ0n) is 8.74. The highest BCUT2D eigenvalue weighted by Gasteiger charge is 2.27. The third kappa shape index (κ3) is 4.44. The fourth-order valence-electron chi connectivity index (χ4n) is 1.16. The number of nitrogens with zero attached hydrogens (tertiary/aromatic N) is 2. The molecule has 1 N–H and O–H groups in total. The molecule has 1 rings (SSSR count). The molecule has 0 fully saturated rings. The van der Waals surface area contributed by atoms with Crippen molar-refractivity contribution in [3.63, 3.8) is 0 Å². The van der Waals surface area contributed by atoms with Gasteiger partial charge in [-0.3, -0.25) is 4.68 Å². The summed E-state index contributed by atoms with van der Waals surface area (Å²) < 4.78 is 36.9. The van der Waals surface area contributed by atoms with E-state index in [2.05, 4.69) is 5.10 Å². The summed E-state index contributed by atoms with van der Waals surface area (Å²) in [6, 6.07) is 0. The highest BCUT2D eigenvalue weighted by Crippen LogP contribution is 2.30. The molecule has 92 valence electrons. The number of rotatable bonds is 5. The van der Waals surface area contributed by atoms with Gasteiger partial charge in [0, 0.05) is 17.5 Å². The van der Waals surface area contributed by atoms with Crippen LogP contribution in [0.3, 0.4) is 0 Å². The molecule has 1 aromatic heterocycles. The Balaban J connectivity index is 2.41. The number of hydrogen-bond donors (Lipinski definition) is 1. The summed E-state index contributed by atoms with van der Waals surface area (Å²) >= 11 is -0.0715. The Morgan fingerprint density at radius 3 is 2.81 bits per heavy atom. The van der Waals surface area contributed by atoms with Crippen molar-refractivity contribution in [3.05, 3.63) is 18.0 Å². The highest BCUT2D eigenvalue weighted by molar-refractivity contribution is 8.00. The van der Waals surface area contributed by atoms with Crippen LogP contribution in [0.15, 0.2) is 12.4 Å². The summed E-state index contributed by atoms with van der Waals surface area (Å²) in [5.41, 5.74) is -3.56. The first-order chi connectivity index (χ1) is 7.42. The van der Waals surface area contributed by atoms with Crippen molar-refractivity contribution in [2.24, 2.45) is 0 Å². The van der Waals surface area contributed by atoms with Gasteiger partial charge in [0.1, 0.15) is 0 Å². The number of halogens is 3. The molecule has 0 saturated heterocycles. The van der Waals surface area contributed by atoms with Crippen LogP contribution in [0.2, 0.25) is 0 Å². The molecule has 1 atom stereocenters. The summed E-state index contributed by atoms with van der Waals surface area (Å²) in [5, 5.41) is 13.3. The third-order valence-corrected chi connectivity index (χ3v) is 2.72. The normalized spacial score (nSPS) is 14.1. The van der Waals surface area contributed by atoms with Crippen molar-refractivity contribution in [3.8, 4) is 0 Å². The van der Waals surface area contributed by atoms with Gasteiger partial charge < -0.3 is 5.11 Å². The summed E-state index contributed by atoms with van der Waals surface area (Å²) in [6.07, 6.45) is 3.02. The first kappa shape index (κ1) is 13.4. The minimum atomic E-state index is -4.20. The molecule has 0 aliphatic heterocycles. The molecule has 0 aromatic carbocycles. The Hall–Kier alpha value is -0.690. The van der Waals surface area contributed by atoms with Crippen molar-refractivity contribution in [2.45, 2.75) is 31.5 Å². The van der Waals surface area contributed by atoms with Crippen LogP contribution in [-0.4, -0.2) is 26.1 Å². The van der Waals surface area contributed by atoms with Gasteiger partial charge in [0.15, 0.2) is 0 Å². The maximum atomic E-state index is 11.8. The molecular weight excluding hydrogens is 241 g/mol. The van der Waals surface area contributed by atoms with Gasteiger partial charge in [-0.2, -0.15) is 18.3 Å². The van der Waals surface area contributed by atoms with Crippen molar-refractivity contribution in [2.75, 3.05) is 5.75 Å². The van der Waals surface area contributed by atoms with Gasteiger partial charge >= 0.3 is 5.51 Å². The van der Waals surface area contributed by atoms with E-state index >= 15 is 0 Å². The molecule has 0 radical (unpaired) electrons. The van der Waals surface area contributed by atoms with Crippen molar-refractivity contribution in [1.82, 2.24) is 9.78 Å². The van der Waals surface area contributed by atoms with Crippen molar-refractivity contribution >= 4 is 11.8 Å². The van der Waals surface area contributed by atoms with Gasteiger partial charge in [-0.15, -0.1) is 0 Å². The number of aliphatic hydroxyl groups excluding tert-OH is 1. The lowest BCUT2D eigenvalue weighted by Gasteiger charge is -2.05. The minimum Gasteiger partial charge on any atom is -0.388 e. The predicted octanol–water partition coefficient (Wildman–Crippen LogP) is 2.58. The summed E-state index contributed by atoms with van der Waals surface area (Å²) in [4.78, 5) is 0. The average Bonchev–Trinajstić information content (AvgIpc) is 2.63. The second kappa shape index (κ2) is 5.58. The smallest absolute Gasteiger partial charge is 0.388 e. The fraction of sp³-hybridized carbons (Fsp3) is 0.667. The Morgan fingerprint density at radius 2 is 2.25 bits per heavy atom. The van der Waals surface area contributed by atoms with E-state index in [9.17, 15) is 18.3 Å². The van der Waals surface area contributed by atoms with E-state index in [1.807, 2.05) is 6.92 Å². The molecule has 1 heterocycles. The molecular formula is C9H13F3N2OS. The molecule has 0 aliphatic carbocycles. The molecule has 16 heavy (non-hydrogen) atoms. The van der Waals surface area contributed by atoms with Crippen LogP contribution < -0.4 is 0 Å². The predicted molar refractivity (Wildman–Crippen MR) is 56.0 cm³/mol. The van der Waals surface area contributed by atoms with Crippen LogP contribution in [0, 0.1) is 0 Å². The topological polar surface area (TPSA) is 38.1 Å². The summed E-state index contributed by atoms with van der Waals surface area (Å²) in [6.45, 7) is 2.00. The lowest BCUT2D eigenvalue weighted by atomic mass is 10.2. The first-order valence-electron chi connectivity index (χ1n) is 4.83. The number of alkyl halides is 3. The second-order valence-electron chi connectivity index (χ2n) is 3.25. The molecule has 1 aromatic rings. The van der Waals surface area contributed by atoms with Gasteiger partial charge in [-0.1, -0.05) is 6.92 Å². The van der Waals surface area contributed by atoms with E-state index in [0.717, 1.165) is 0 Å². The van der Waals surface area contributed by atoms with Gasteiger partial charge in [0.25, 0.3) is 0 Å². The number of aromatic nitrogens is 2. The molecule has 0 spiro atoms. The Labute approximate surface area is 95.6 Å².